The molecule has 0 spiro atoms. The van der Waals surface area contributed by atoms with Crippen LogP contribution in [0.15, 0.2) is 12.3 Å². The van der Waals surface area contributed by atoms with Crippen LogP contribution in [0.5, 0.6) is 0 Å². The number of nitrogens with zero attached hydrogens (tertiary/aromatic N) is 3. The third-order valence-corrected chi connectivity index (χ3v) is 3.09. The number of nitrogens with two attached hydrogens (primary N) is 1. The molecule has 98 valence electrons. The molecule has 1 aromatic heterocycles. The number of carbonyl (C=O) groups excluding carboxylic acids is 1. The van der Waals surface area contributed by atoms with E-state index < -0.39 is 0 Å². The van der Waals surface area contributed by atoms with Gasteiger partial charge in [0.15, 0.2) is 0 Å². The summed E-state index contributed by atoms with van der Waals surface area (Å²) in [6.07, 6.45) is 3.59. The lowest BCUT2D eigenvalue weighted by Crippen LogP contribution is -2.44. The molecule has 1 aliphatic rings. The van der Waals surface area contributed by atoms with Crippen molar-refractivity contribution >= 4 is 11.9 Å². The second-order valence-electron chi connectivity index (χ2n) is 4.51. The monoisotopic (exact) mass is 249 g/mol. The summed E-state index contributed by atoms with van der Waals surface area (Å²) in [5.74, 6) is 0.772. The first-order valence-electron chi connectivity index (χ1n) is 6.23. The molecule has 1 aliphatic heterocycles. The number of rotatable bonds is 3. The first-order chi connectivity index (χ1) is 8.69. The molecule has 0 radical (unpaired) electrons. The molecule has 0 bridgehead atoms. The summed E-state index contributed by atoms with van der Waals surface area (Å²) in [7, 11) is 0. The van der Waals surface area contributed by atoms with Crippen LogP contribution in [0.3, 0.4) is 0 Å². The second-order valence-corrected chi connectivity index (χ2v) is 4.51. The van der Waals surface area contributed by atoms with Crippen molar-refractivity contribution in [1.29, 1.82) is 0 Å². The standard InChI is InChI=1S/C12H19N5O/c1-9(18)15-10-3-6-17(7-4-10)12-14-5-2-11(8-13)16-12/h2,5,10H,3-4,6-8,13H2,1H3,(H,15,18). The third-order valence-electron chi connectivity index (χ3n) is 3.09. The van der Waals surface area contributed by atoms with Crippen LogP contribution in [0.2, 0.25) is 0 Å². The minimum Gasteiger partial charge on any atom is -0.353 e. The summed E-state index contributed by atoms with van der Waals surface area (Å²) in [4.78, 5) is 21.8. The zero-order chi connectivity index (χ0) is 13.0. The van der Waals surface area contributed by atoms with E-state index in [2.05, 4.69) is 20.2 Å². The molecule has 6 nitrogen and oxygen atoms in total. The van der Waals surface area contributed by atoms with Crippen LogP contribution < -0.4 is 16.0 Å². The van der Waals surface area contributed by atoms with Gasteiger partial charge in [-0.15, -0.1) is 0 Å². The Bertz CT molecular complexity index is 415. The van der Waals surface area contributed by atoms with Gasteiger partial charge in [-0.05, 0) is 18.9 Å². The SMILES string of the molecule is CC(=O)NC1CCN(c2nccc(CN)n2)CC1. The predicted octanol–water partition coefficient (Wildman–Crippen LogP) is 0.0402. The van der Waals surface area contributed by atoms with E-state index in [-0.39, 0.29) is 11.9 Å². The van der Waals surface area contributed by atoms with Crippen LogP contribution >= 0.6 is 0 Å². The van der Waals surface area contributed by atoms with Gasteiger partial charge >= 0.3 is 0 Å². The van der Waals surface area contributed by atoms with Gasteiger partial charge in [0.2, 0.25) is 11.9 Å². The van der Waals surface area contributed by atoms with Crippen molar-refractivity contribution in [2.45, 2.75) is 32.4 Å². The first-order valence-corrected chi connectivity index (χ1v) is 6.23. The highest BCUT2D eigenvalue weighted by atomic mass is 16.1. The van der Waals surface area contributed by atoms with E-state index in [1.54, 1.807) is 13.1 Å². The summed E-state index contributed by atoms with van der Waals surface area (Å²) in [6, 6.07) is 2.10. The number of aromatic nitrogens is 2. The Morgan fingerprint density at radius 3 is 2.89 bits per heavy atom. The number of hydrogen-bond donors (Lipinski definition) is 2. The van der Waals surface area contributed by atoms with Gasteiger partial charge in [-0.1, -0.05) is 0 Å². The van der Waals surface area contributed by atoms with Crippen molar-refractivity contribution in [2.24, 2.45) is 5.73 Å². The van der Waals surface area contributed by atoms with E-state index in [1.807, 2.05) is 6.07 Å². The van der Waals surface area contributed by atoms with Crippen molar-refractivity contribution in [3.63, 3.8) is 0 Å². The number of hydrogen-bond acceptors (Lipinski definition) is 5. The highest BCUT2D eigenvalue weighted by molar-refractivity contribution is 5.73. The largest absolute Gasteiger partial charge is 0.353 e. The fraction of sp³-hybridized carbons (Fsp3) is 0.583. The van der Waals surface area contributed by atoms with Crippen molar-refractivity contribution in [3.05, 3.63) is 18.0 Å². The number of carbonyl (C=O) groups is 1. The molecule has 1 fully saturated rings. The van der Waals surface area contributed by atoms with Gasteiger partial charge in [0.05, 0.1) is 5.69 Å². The van der Waals surface area contributed by atoms with Crippen LogP contribution in [0.4, 0.5) is 5.95 Å². The van der Waals surface area contributed by atoms with Crippen molar-refractivity contribution in [2.75, 3.05) is 18.0 Å². The molecule has 1 aromatic rings. The molecule has 0 unspecified atom stereocenters. The van der Waals surface area contributed by atoms with Gasteiger partial charge < -0.3 is 16.0 Å². The van der Waals surface area contributed by atoms with Crippen molar-refractivity contribution < 1.29 is 4.79 Å². The zero-order valence-electron chi connectivity index (χ0n) is 10.6. The lowest BCUT2D eigenvalue weighted by atomic mass is 10.1. The quantitative estimate of drug-likeness (QED) is 0.790. The minimum atomic E-state index is 0.0369. The van der Waals surface area contributed by atoms with Crippen LogP contribution in [-0.2, 0) is 11.3 Å². The molecular weight excluding hydrogens is 230 g/mol. The van der Waals surface area contributed by atoms with E-state index in [1.165, 1.54) is 0 Å². The highest BCUT2D eigenvalue weighted by Gasteiger charge is 2.21. The first kappa shape index (κ1) is 12.8. The molecule has 1 amide bonds. The molecule has 0 atom stereocenters. The second kappa shape index (κ2) is 5.77. The Morgan fingerprint density at radius 2 is 2.28 bits per heavy atom. The summed E-state index contributed by atoms with van der Waals surface area (Å²) in [5.41, 5.74) is 6.42. The lowest BCUT2D eigenvalue weighted by Gasteiger charge is -2.32. The fourth-order valence-corrected chi connectivity index (χ4v) is 2.16. The maximum atomic E-state index is 11.0. The summed E-state index contributed by atoms with van der Waals surface area (Å²) in [6.45, 7) is 3.70. The van der Waals surface area contributed by atoms with Gasteiger partial charge in [0.25, 0.3) is 0 Å². The van der Waals surface area contributed by atoms with Gasteiger partial charge in [-0.3, -0.25) is 4.79 Å². The molecule has 2 rings (SSSR count). The minimum absolute atomic E-state index is 0.0369. The molecular formula is C12H19N5O. The number of amides is 1. The zero-order valence-corrected chi connectivity index (χ0v) is 10.6. The number of piperidine rings is 1. The van der Waals surface area contributed by atoms with Crippen LogP contribution in [0.25, 0.3) is 0 Å². The summed E-state index contributed by atoms with van der Waals surface area (Å²) < 4.78 is 0. The smallest absolute Gasteiger partial charge is 0.225 e. The molecule has 0 aliphatic carbocycles. The molecule has 0 saturated carbocycles. The average molecular weight is 249 g/mol. The normalized spacial score (nSPS) is 16.7. The van der Waals surface area contributed by atoms with E-state index in [0.29, 0.717) is 6.54 Å². The molecule has 18 heavy (non-hydrogen) atoms. The number of anilines is 1. The Morgan fingerprint density at radius 1 is 1.56 bits per heavy atom. The number of nitrogens with one attached hydrogen (secondary N) is 1. The van der Waals surface area contributed by atoms with E-state index in [0.717, 1.165) is 37.6 Å². The van der Waals surface area contributed by atoms with Crippen LogP contribution in [0, 0.1) is 0 Å². The van der Waals surface area contributed by atoms with Crippen LogP contribution in [0.1, 0.15) is 25.5 Å². The maximum absolute atomic E-state index is 11.0. The average Bonchev–Trinajstić information content (AvgIpc) is 2.39. The van der Waals surface area contributed by atoms with E-state index >= 15 is 0 Å². The molecule has 3 N–H and O–H groups in total. The van der Waals surface area contributed by atoms with Gasteiger partial charge in [-0.2, -0.15) is 0 Å². The summed E-state index contributed by atoms with van der Waals surface area (Å²) in [5, 5.41) is 2.95. The molecule has 2 heterocycles. The lowest BCUT2D eigenvalue weighted by molar-refractivity contribution is -0.119. The Balaban J connectivity index is 1.94. The molecule has 1 saturated heterocycles. The van der Waals surface area contributed by atoms with Crippen molar-refractivity contribution in [1.82, 2.24) is 15.3 Å². The highest BCUT2D eigenvalue weighted by Crippen LogP contribution is 2.16. The third kappa shape index (κ3) is 3.16. The molecule has 6 heteroatoms. The van der Waals surface area contributed by atoms with Gasteiger partial charge in [0.1, 0.15) is 0 Å². The molecule has 0 aromatic carbocycles. The van der Waals surface area contributed by atoms with Gasteiger partial charge in [-0.25, -0.2) is 9.97 Å². The van der Waals surface area contributed by atoms with E-state index in [9.17, 15) is 4.79 Å². The van der Waals surface area contributed by atoms with E-state index in [4.69, 9.17) is 5.73 Å². The topological polar surface area (TPSA) is 84.1 Å². The van der Waals surface area contributed by atoms with Gasteiger partial charge in [0, 0.05) is 38.8 Å². The Kier molecular flexibility index (Phi) is 4.09. The Hall–Kier alpha value is -1.69. The maximum Gasteiger partial charge on any atom is 0.225 e. The summed E-state index contributed by atoms with van der Waals surface area (Å²) >= 11 is 0. The predicted molar refractivity (Wildman–Crippen MR) is 69.0 cm³/mol. The van der Waals surface area contributed by atoms with Crippen LogP contribution in [-0.4, -0.2) is 35.0 Å². The fourth-order valence-electron chi connectivity index (χ4n) is 2.16. The van der Waals surface area contributed by atoms with Crippen molar-refractivity contribution in [3.8, 4) is 0 Å². The Labute approximate surface area is 107 Å².